The first-order valence-corrected chi connectivity index (χ1v) is 9.20. The molecule has 9 heteroatoms. The molecule has 3 N–H and O–H groups in total. The van der Waals surface area contributed by atoms with Gasteiger partial charge < -0.3 is 10.1 Å². The molecule has 3 heterocycles. The number of nitrogens with two attached hydrogens (primary N) is 1. The third-order valence-corrected chi connectivity index (χ3v) is 5.48. The molecule has 0 saturated heterocycles. The molecule has 0 spiro atoms. The molecule has 0 amide bonds. The fourth-order valence-corrected chi connectivity index (χ4v) is 4.03. The monoisotopic (exact) mass is 398 g/mol. The van der Waals surface area contributed by atoms with Gasteiger partial charge in [-0.15, -0.1) is 0 Å². The number of halogens is 3. The van der Waals surface area contributed by atoms with Gasteiger partial charge in [0.1, 0.15) is 17.3 Å². The number of hydrogen-bond acceptors (Lipinski definition) is 4. The van der Waals surface area contributed by atoms with E-state index in [4.69, 9.17) is 5.73 Å². The fraction of sp³-hybridized carbons (Fsp3) is 0.250. The molecule has 0 saturated carbocycles. The van der Waals surface area contributed by atoms with Gasteiger partial charge in [-0.1, -0.05) is 0 Å². The van der Waals surface area contributed by atoms with Crippen molar-refractivity contribution in [3.8, 4) is 11.4 Å². The third-order valence-electron chi connectivity index (χ3n) is 5.48. The summed E-state index contributed by atoms with van der Waals surface area (Å²) < 4.78 is 43.3. The molecule has 0 aliphatic heterocycles. The van der Waals surface area contributed by atoms with E-state index in [1.54, 1.807) is 6.92 Å². The van der Waals surface area contributed by atoms with Crippen LogP contribution in [0.4, 0.5) is 13.2 Å². The minimum Gasteiger partial charge on any atom is -0.327 e. The number of aromatic nitrogens is 5. The highest BCUT2D eigenvalue weighted by Gasteiger charge is 2.33. The molecule has 5 rings (SSSR count). The molecule has 148 valence electrons. The maximum absolute atomic E-state index is 14.3. The fourth-order valence-electron chi connectivity index (χ4n) is 4.03. The predicted molar refractivity (Wildman–Crippen MR) is 99.7 cm³/mol. The van der Waals surface area contributed by atoms with Crippen molar-refractivity contribution in [2.24, 2.45) is 5.73 Å². The minimum atomic E-state index is -1.21. The number of aryl methyl sites for hydroxylation is 1. The Morgan fingerprint density at radius 3 is 2.62 bits per heavy atom. The number of benzene rings is 1. The Morgan fingerprint density at radius 1 is 1.07 bits per heavy atom. The van der Waals surface area contributed by atoms with Crippen molar-refractivity contribution in [3.05, 3.63) is 70.7 Å². The van der Waals surface area contributed by atoms with E-state index in [9.17, 15) is 13.2 Å². The number of nitrogens with one attached hydrogen (secondary N) is 1. The van der Waals surface area contributed by atoms with Crippen LogP contribution in [0.1, 0.15) is 28.7 Å². The van der Waals surface area contributed by atoms with E-state index in [1.807, 2.05) is 22.7 Å². The summed E-state index contributed by atoms with van der Waals surface area (Å²) in [5.41, 5.74) is 9.65. The SMILES string of the molecule is Cc1n[nH]c(-c2ccn3c4c(nc3c2)C[C@H](c2cc(F)c(F)cc2F)[C@@H](N)C4)n1. The molecule has 2 atom stereocenters. The van der Waals surface area contributed by atoms with Gasteiger partial charge in [0.05, 0.1) is 5.69 Å². The second-order valence-electron chi connectivity index (χ2n) is 7.35. The summed E-state index contributed by atoms with van der Waals surface area (Å²) in [5.74, 6) is -2.28. The highest BCUT2D eigenvalue weighted by Crippen LogP contribution is 2.34. The van der Waals surface area contributed by atoms with Gasteiger partial charge in [0.2, 0.25) is 0 Å². The van der Waals surface area contributed by atoms with Crippen LogP contribution in [0, 0.1) is 24.4 Å². The molecule has 0 fully saturated rings. The van der Waals surface area contributed by atoms with E-state index in [0.717, 1.165) is 23.0 Å². The Labute approximate surface area is 163 Å². The Balaban J connectivity index is 1.55. The summed E-state index contributed by atoms with van der Waals surface area (Å²) in [6.07, 6.45) is 2.68. The first kappa shape index (κ1) is 17.9. The number of pyridine rings is 1. The zero-order chi connectivity index (χ0) is 20.3. The van der Waals surface area contributed by atoms with Crippen LogP contribution >= 0.6 is 0 Å². The predicted octanol–water partition coefficient (Wildman–Crippen LogP) is 3.05. The lowest BCUT2D eigenvalue weighted by Crippen LogP contribution is -2.37. The molecular weight excluding hydrogens is 381 g/mol. The standard InChI is InChI=1S/C20H17F3N6/c1-9-25-20(28-27-9)10-2-3-29-18-8-16(24)12(6-17(18)26-19(29)4-10)11-5-14(22)15(23)7-13(11)21/h2-5,7,12,16H,6,8,24H2,1H3,(H,25,27,28)/t12-,16+/m1/s1. The van der Waals surface area contributed by atoms with Crippen LogP contribution in [0.25, 0.3) is 17.0 Å². The molecule has 0 bridgehead atoms. The van der Waals surface area contributed by atoms with Gasteiger partial charge in [-0.2, -0.15) is 5.10 Å². The van der Waals surface area contributed by atoms with Crippen LogP contribution in [0.3, 0.4) is 0 Å². The lowest BCUT2D eigenvalue weighted by atomic mass is 9.80. The normalized spacial score (nSPS) is 18.9. The van der Waals surface area contributed by atoms with E-state index in [0.29, 0.717) is 36.2 Å². The summed E-state index contributed by atoms with van der Waals surface area (Å²) in [5, 5.41) is 6.91. The van der Waals surface area contributed by atoms with Gasteiger partial charge in [0.25, 0.3) is 0 Å². The molecule has 1 aromatic carbocycles. The number of rotatable bonds is 2. The molecule has 3 aromatic heterocycles. The zero-order valence-corrected chi connectivity index (χ0v) is 15.5. The van der Waals surface area contributed by atoms with Crippen molar-refractivity contribution < 1.29 is 13.2 Å². The smallest absolute Gasteiger partial charge is 0.161 e. The summed E-state index contributed by atoms with van der Waals surface area (Å²) in [4.78, 5) is 9.01. The molecule has 29 heavy (non-hydrogen) atoms. The number of aromatic amines is 1. The van der Waals surface area contributed by atoms with Crippen LogP contribution in [0.2, 0.25) is 0 Å². The lowest BCUT2D eigenvalue weighted by Gasteiger charge is -2.29. The summed E-state index contributed by atoms with van der Waals surface area (Å²) >= 11 is 0. The van der Waals surface area contributed by atoms with Crippen LogP contribution in [-0.4, -0.2) is 30.6 Å². The summed E-state index contributed by atoms with van der Waals surface area (Å²) in [7, 11) is 0. The van der Waals surface area contributed by atoms with Gasteiger partial charge in [0.15, 0.2) is 17.5 Å². The van der Waals surface area contributed by atoms with Crippen molar-refractivity contribution in [3.63, 3.8) is 0 Å². The second-order valence-corrected chi connectivity index (χ2v) is 7.35. The van der Waals surface area contributed by atoms with E-state index in [2.05, 4.69) is 20.2 Å². The topological polar surface area (TPSA) is 84.9 Å². The first-order valence-electron chi connectivity index (χ1n) is 9.20. The van der Waals surface area contributed by atoms with Crippen LogP contribution in [0.15, 0.2) is 30.5 Å². The number of imidazole rings is 1. The molecular formula is C20H17F3N6. The van der Waals surface area contributed by atoms with Crippen molar-refractivity contribution in [1.82, 2.24) is 24.6 Å². The highest BCUT2D eigenvalue weighted by molar-refractivity contribution is 5.62. The maximum atomic E-state index is 14.3. The Bertz CT molecular complexity index is 1240. The highest BCUT2D eigenvalue weighted by atomic mass is 19.2. The van der Waals surface area contributed by atoms with Crippen LogP contribution in [0.5, 0.6) is 0 Å². The Hall–Kier alpha value is -3.20. The molecule has 0 unspecified atom stereocenters. The number of hydrogen-bond donors (Lipinski definition) is 2. The Kier molecular flexibility index (Phi) is 3.95. The number of fused-ring (bicyclic) bond motifs is 3. The Morgan fingerprint density at radius 2 is 1.86 bits per heavy atom. The molecule has 0 radical (unpaired) electrons. The van der Waals surface area contributed by atoms with E-state index in [1.165, 1.54) is 0 Å². The van der Waals surface area contributed by atoms with Crippen molar-refractivity contribution in [1.29, 1.82) is 0 Å². The van der Waals surface area contributed by atoms with Crippen molar-refractivity contribution >= 4 is 5.65 Å². The van der Waals surface area contributed by atoms with Crippen LogP contribution < -0.4 is 5.73 Å². The average Bonchev–Trinajstić information content (AvgIpc) is 3.27. The largest absolute Gasteiger partial charge is 0.327 e. The van der Waals surface area contributed by atoms with Crippen molar-refractivity contribution in [2.75, 3.05) is 0 Å². The van der Waals surface area contributed by atoms with Gasteiger partial charge in [-0.3, -0.25) is 5.10 Å². The van der Waals surface area contributed by atoms with Crippen molar-refractivity contribution in [2.45, 2.75) is 31.7 Å². The molecule has 6 nitrogen and oxygen atoms in total. The molecule has 1 aliphatic rings. The van der Waals surface area contributed by atoms with Gasteiger partial charge in [-0.05, 0) is 37.1 Å². The minimum absolute atomic E-state index is 0.0805. The van der Waals surface area contributed by atoms with E-state index < -0.39 is 29.4 Å². The van der Waals surface area contributed by atoms with Gasteiger partial charge >= 0.3 is 0 Å². The first-order chi connectivity index (χ1) is 13.9. The lowest BCUT2D eigenvalue weighted by molar-refractivity contribution is 0.446. The summed E-state index contributed by atoms with van der Waals surface area (Å²) in [6.45, 7) is 1.80. The molecule has 1 aliphatic carbocycles. The molecule has 4 aromatic rings. The van der Waals surface area contributed by atoms with E-state index in [-0.39, 0.29) is 5.56 Å². The van der Waals surface area contributed by atoms with Gasteiger partial charge in [0, 0.05) is 41.9 Å². The van der Waals surface area contributed by atoms with Gasteiger partial charge in [-0.25, -0.2) is 23.1 Å². The number of nitrogens with zero attached hydrogens (tertiary/aromatic N) is 4. The quantitative estimate of drug-likeness (QED) is 0.509. The van der Waals surface area contributed by atoms with E-state index >= 15 is 0 Å². The summed E-state index contributed by atoms with van der Waals surface area (Å²) in [6, 6.07) is 4.82. The number of H-pyrrole nitrogens is 1. The van der Waals surface area contributed by atoms with Crippen LogP contribution in [-0.2, 0) is 12.8 Å². The zero-order valence-electron chi connectivity index (χ0n) is 15.5. The third kappa shape index (κ3) is 2.89. The maximum Gasteiger partial charge on any atom is 0.161 e. The second kappa shape index (κ2) is 6.41. The average molecular weight is 398 g/mol.